The topological polar surface area (TPSA) is 72.5 Å². The number of hydrogen-bond acceptors (Lipinski definition) is 7. The van der Waals surface area contributed by atoms with Crippen LogP contribution >= 0.6 is 11.9 Å². The summed E-state index contributed by atoms with van der Waals surface area (Å²) in [5.74, 6) is 0. The van der Waals surface area contributed by atoms with E-state index in [1.807, 2.05) is 25.6 Å². The average Bonchev–Trinajstić information content (AvgIpc) is 3.22. The van der Waals surface area contributed by atoms with Crippen LogP contribution in [0.3, 0.4) is 0 Å². The summed E-state index contributed by atoms with van der Waals surface area (Å²) in [5.41, 5.74) is 4.54. The van der Waals surface area contributed by atoms with Crippen LogP contribution < -0.4 is 5.32 Å². The maximum atomic E-state index is 7.96. The minimum Gasteiger partial charge on any atom is -0.385 e. The van der Waals surface area contributed by atoms with Gasteiger partial charge in [0.25, 0.3) is 0 Å². The molecule has 0 aromatic carbocycles. The van der Waals surface area contributed by atoms with Gasteiger partial charge >= 0.3 is 0 Å². The molecule has 0 radical (unpaired) electrons. The fourth-order valence-electron chi connectivity index (χ4n) is 3.82. The zero-order valence-corrected chi connectivity index (χ0v) is 20.1. The summed E-state index contributed by atoms with van der Waals surface area (Å²) in [4.78, 5) is 7.09. The van der Waals surface area contributed by atoms with Crippen molar-refractivity contribution in [3.8, 4) is 0 Å². The summed E-state index contributed by atoms with van der Waals surface area (Å²) < 4.78 is 4.36. The highest BCUT2D eigenvalue weighted by atomic mass is 32.2. The Hall–Kier alpha value is -2.32. The van der Waals surface area contributed by atoms with E-state index in [0.717, 1.165) is 60.6 Å². The number of rotatable bonds is 10. The molecule has 8 heteroatoms. The normalized spacial score (nSPS) is 19.5. The van der Waals surface area contributed by atoms with Gasteiger partial charge in [0.05, 0.1) is 35.4 Å². The van der Waals surface area contributed by atoms with Gasteiger partial charge in [-0.3, -0.25) is 4.68 Å². The van der Waals surface area contributed by atoms with Gasteiger partial charge in [0, 0.05) is 56.1 Å². The molecular weight excluding hydrogens is 406 g/mol. The highest BCUT2D eigenvalue weighted by molar-refractivity contribution is 7.96. The lowest BCUT2D eigenvalue weighted by molar-refractivity contribution is 0.266. The maximum absolute atomic E-state index is 7.96. The minimum atomic E-state index is 0.397. The Bertz CT molecular complexity index is 885. The molecule has 2 aliphatic heterocycles. The summed E-state index contributed by atoms with van der Waals surface area (Å²) >= 11 is 1.77. The van der Waals surface area contributed by atoms with Crippen LogP contribution in [-0.2, 0) is 0 Å². The van der Waals surface area contributed by atoms with Crippen molar-refractivity contribution in [2.75, 3.05) is 26.4 Å². The number of likely N-dealkylation sites (N-methyl/N-ethyl adjacent to an activating group) is 1. The van der Waals surface area contributed by atoms with Crippen LogP contribution in [0.5, 0.6) is 0 Å². The summed E-state index contributed by atoms with van der Waals surface area (Å²) in [6, 6.07) is 0.815. The zero-order chi connectivity index (χ0) is 22.4. The molecule has 1 aromatic heterocycles. The second kappa shape index (κ2) is 10.8. The van der Waals surface area contributed by atoms with E-state index in [9.17, 15) is 0 Å². The fourth-order valence-corrected chi connectivity index (χ4v) is 4.48. The Morgan fingerprint density at radius 2 is 2.06 bits per heavy atom. The Morgan fingerprint density at radius 3 is 2.68 bits per heavy atom. The summed E-state index contributed by atoms with van der Waals surface area (Å²) in [5, 5.41) is 16.0. The molecule has 0 bridgehead atoms. The van der Waals surface area contributed by atoms with E-state index in [1.165, 1.54) is 6.21 Å². The lowest BCUT2D eigenvalue weighted by Crippen LogP contribution is -2.53. The molecule has 3 rings (SSSR count). The molecule has 3 heterocycles. The van der Waals surface area contributed by atoms with Crippen molar-refractivity contribution in [3.63, 3.8) is 0 Å². The van der Waals surface area contributed by atoms with Gasteiger partial charge in [-0.2, -0.15) is 5.10 Å². The molecule has 1 aromatic rings. The van der Waals surface area contributed by atoms with Gasteiger partial charge in [0.2, 0.25) is 0 Å². The van der Waals surface area contributed by atoms with Crippen LogP contribution in [0.25, 0.3) is 0 Å². The lowest BCUT2D eigenvalue weighted by atomic mass is 10.1. The first-order chi connectivity index (χ1) is 15.0. The van der Waals surface area contributed by atoms with Gasteiger partial charge in [0.1, 0.15) is 0 Å². The molecule has 31 heavy (non-hydrogen) atoms. The van der Waals surface area contributed by atoms with Crippen LogP contribution in [0.4, 0.5) is 0 Å². The standard InChI is InChI=1S/C23H35N7S/c1-6-9-22-23(18-12-26-30(13-18)20(7-2)8-3)27-21(16-28(22)4)17(10-24)11-25-19-14-29(15-19)31-5/h9-13,16,19-20,24-25H,6-8,14-15H2,1-5H3/b17-11+,22-9-,24-10?. The molecule has 168 valence electrons. The van der Waals surface area contributed by atoms with Crippen molar-refractivity contribution in [2.24, 2.45) is 4.99 Å². The highest BCUT2D eigenvalue weighted by Gasteiger charge is 2.26. The number of hydrogen-bond donors (Lipinski definition) is 2. The molecule has 1 saturated heterocycles. The smallest absolute Gasteiger partial charge is 0.0974 e. The van der Waals surface area contributed by atoms with Gasteiger partial charge in [0.15, 0.2) is 0 Å². The first-order valence-corrected chi connectivity index (χ1v) is 12.3. The second-order valence-corrected chi connectivity index (χ2v) is 8.78. The van der Waals surface area contributed by atoms with Gasteiger partial charge < -0.3 is 15.6 Å². The average molecular weight is 442 g/mol. The van der Waals surface area contributed by atoms with Crippen LogP contribution in [-0.4, -0.2) is 63.3 Å². The van der Waals surface area contributed by atoms with Crippen molar-refractivity contribution >= 4 is 23.9 Å². The van der Waals surface area contributed by atoms with E-state index < -0.39 is 0 Å². The van der Waals surface area contributed by atoms with E-state index in [2.05, 4.69) is 63.6 Å². The lowest BCUT2D eigenvalue weighted by Gasteiger charge is -2.37. The van der Waals surface area contributed by atoms with Crippen LogP contribution in [0.15, 0.2) is 52.8 Å². The van der Waals surface area contributed by atoms with Crippen molar-refractivity contribution in [1.29, 1.82) is 5.41 Å². The van der Waals surface area contributed by atoms with E-state index in [-0.39, 0.29) is 0 Å². The highest BCUT2D eigenvalue weighted by Crippen LogP contribution is 2.26. The van der Waals surface area contributed by atoms with Gasteiger partial charge in [-0.25, -0.2) is 9.30 Å². The molecule has 0 unspecified atom stereocenters. The third-order valence-corrected chi connectivity index (χ3v) is 6.61. The Labute approximate surface area is 190 Å². The van der Waals surface area contributed by atoms with Gasteiger partial charge in [-0.15, -0.1) is 0 Å². The molecule has 2 N–H and O–H groups in total. The number of aromatic nitrogens is 2. The fraction of sp³-hybridized carbons (Fsp3) is 0.522. The zero-order valence-electron chi connectivity index (χ0n) is 19.3. The SMILES string of the molecule is CC/C=C1/C(c2cnn(C(CC)CC)c2)=NC(/C(C=N)=C/NC2CN(SC)C2)=CN1C. The minimum absolute atomic E-state index is 0.397. The van der Waals surface area contributed by atoms with Crippen LogP contribution in [0.2, 0.25) is 0 Å². The predicted molar refractivity (Wildman–Crippen MR) is 131 cm³/mol. The third-order valence-electron chi connectivity index (χ3n) is 5.79. The van der Waals surface area contributed by atoms with E-state index >= 15 is 0 Å². The first kappa shape index (κ1) is 23.3. The molecule has 7 nitrogen and oxygen atoms in total. The molecule has 0 aliphatic carbocycles. The molecular formula is C23H35N7S. The Kier molecular flexibility index (Phi) is 8.15. The summed E-state index contributed by atoms with van der Waals surface area (Å²) in [6.45, 7) is 8.54. The first-order valence-electron chi connectivity index (χ1n) is 11.1. The van der Waals surface area contributed by atoms with Crippen molar-refractivity contribution in [2.45, 2.75) is 52.1 Å². The predicted octanol–water partition coefficient (Wildman–Crippen LogP) is 4.20. The number of aliphatic imine (C=N–C) groups is 1. The molecule has 0 saturated carbocycles. The summed E-state index contributed by atoms with van der Waals surface area (Å²) in [7, 11) is 2.04. The monoisotopic (exact) mass is 441 g/mol. The number of allylic oxidation sites excluding steroid dienone is 3. The van der Waals surface area contributed by atoms with Gasteiger partial charge in [-0.05, 0) is 25.5 Å². The maximum Gasteiger partial charge on any atom is 0.0974 e. The van der Waals surface area contributed by atoms with Gasteiger partial charge in [-0.1, -0.05) is 38.8 Å². The van der Waals surface area contributed by atoms with E-state index in [1.54, 1.807) is 11.9 Å². The molecule has 1 fully saturated rings. The summed E-state index contributed by atoms with van der Waals surface area (Å²) in [6.07, 6.45) is 16.6. The quantitative estimate of drug-likeness (QED) is 0.421. The molecule has 0 spiro atoms. The molecule has 0 amide bonds. The van der Waals surface area contributed by atoms with Crippen LogP contribution in [0, 0.1) is 5.41 Å². The Balaban J connectivity index is 1.89. The van der Waals surface area contributed by atoms with E-state index in [4.69, 9.17) is 10.4 Å². The van der Waals surface area contributed by atoms with E-state index in [0.29, 0.717) is 12.1 Å². The number of nitrogens with one attached hydrogen (secondary N) is 2. The second-order valence-electron chi connectivity index (χ2n) is 7.90. The third kappa shape index (κ3) is 5.30. The molecule has 2 aliphatic rings. The largest absolute Gasteiger partial charge is 0.385 e. The van der Waals surface area contributed by atoms with Crippen LogP contribution in [0.1, 0.15) is 51.6 Å². The number of nitrogens with zero attached hydrogens (tertiary/aromatic N) is 5. The molecule has 0 atom stereocenters. The van der Waals surface area contributed by atoms with Crippen molar-refractivity contribution in [1.82, 2.24) is 24.3 Å². The van der Waals surface area contributed by atoms with Crippen molar-refractivity contribution < 1.29 is 0 Å². The Morgan fingerprint density at radius 1 is 1.32 bits per heavy atom. The van der Waals surface area contributed by atoms with Crippen molar-refractivity contribution in [3.05, 3.63) is 53.4 Å².